The number of carbonyl (C=O) groups excluding carboxylic acids is 1. The van der Waals surface area contributed by atoms with Crippen LogP contribution in [0.5, 0.6) is 0 Å². The van der Waals surface area contributed by atoms with Crippen molar-refractivity contribution in [3.8, 4) is 0 Å². The molecule has 2 heterocycles. The Kier molecular flexibility index (Phi) is 5.12. The highest BCUT2D eigenvalue weighted by Gasteiger charge is 2.29. The lowest BCUT2D eigenvalue weighted by atomic mass is 10.1. The van der Waals surface area contributed by atoms with Crippen LogP contribution < -0.4 is 5.01 Å². The van der Waals surface area contributed by atoms with Gasteiger partial charge >= 0.3 is 0 Å². The first-order chi connectivity index (χ1) is 14.3. The summed E-state index contributed by atoms with van der Waals surface area (Å²) in [5.74, 6) is -0.106. The Hall–Kier alpha value is -3.47. The summed E-state index contributed by atoms with van der Waals surface area (Å²) in [5.41, 5.74) is 8.56. The molecule has 1 amide bonds. The van der Waals surface area contributed by atoms with Gasteiger partial charge in [0.25, 0.3) is 5.91 Å². The van der Waals surface area contributed by atoms with Crippen LogP contribution in [0.4, 0.5) is 5.69 Å². The van der Waals surface area contributed by atoms with Crippen LogP contribution in [0.3, 0.4) is 0 Å². The van der Waals surface area contributed by atoms with Crippen LogP contribution in [0.25, 0.3) is 6.08 Å². The van der Waals surface area contributed by atoms with Crippen molar-refractivity contribution in [2.45, 2.75) is 41.2 Å². The Balaban J connectivity index is 1.66. The van der Waals surface area contributed by atoms with Gasteiger partial charge < -0.3 is 0 Å². The Morgan fingerprint density at radius 1 is 0.933 bits per heavy atom. The highest BCUT2D eigenvalue weighted by Crippen LogP contribution is 2.28. The van der Waals surface area contributed by atoms with E-state index in [9.17, 15) is 4.79 Å². The van der Waals surface area contributed by atoms with Gasteiger partial charge in [0.1, 0.15) is 0 Å². The van der Waals surface area contributed by atoms with Gasteiger partial charge in [-0.3, -0.25) is 9.48 Å². The normalized spacial score (nSPS) is 15.2. The lowest BCUT2D eigenvalue weighted by molar-refractivity contribution is -0.114. The van der Waals surface area contributed by atoms with E-state index in [2.05, 4.69) is 24.2 Å². The predicted molar refractivity (Wildman–Crippen MR) is 122 cm³/mol. The van der Waals surface area contributed by atoms with Gasteiger partial charge in [-0.25, -0.2) is 0 Å². The molecule has 1 aliphatic heterocycles. The highest BCUT2D eigenvalue weighted by atomic mass is 16.2. The number of amides is 1. The van der Waals surface area contributed by atoms with E-state index < -0.39 is 0 Å². The number of benzene rings is 2. The van der Waals surface area contributed by atoms with E-state index in [1.54, 1.807) is 0 Å². The molecule has 0 fully saturated rings. The van der Waals surface area contributed by atoms with Crippen molar-refractivity contribution in [2.75, 3.05) is 5.01 Å². The Morgan fingerprint density at radius 3 is 2.37 bits per heavy atom. The lowest BCUT2D eigenvalue weighted by Crippen LogP contribution is -2.21. The van der Waals surface area contributed by atoms with Crippen LogP contribution in [0.1, 0.15) is 40.6 Å². The molecule has 5 heteroatoms. The van der Waals surface area contributed by atoms with E-state index in [1.807, 2.05) is 74.9 Å². The monoisotopic (exact) mass is 398 g/mol. The maximum absolute atomic E-state index is 13.2. The molecular formula is C25H26N4O. The van der Waals surface area contributed by atoms with Crippen LogP contribution in [0.2, 0.25) is 0 Å². The zero-order valence-corrected chi connectivity index (χ0v) is 18.1. The molecule has 0 unspecified atom stereocenters. The van der Waals surface area contributed by atoms with Crippen LogP contribution in [0.15, 0.2) is 59.2 Å². The Morgan fingerprint density at radius 2 is 1.67 bits per heavy atom. The topological polar surface area (TPSA) is 50.5 Å². The number of nitrogens with zero attached hydrogens (tertiary/aromatic N) is 4. The minimum atomic E-state index is -0.106. The molecule has 2 aromatic carbocycles. The number of aryl methyl sites for hydroxylation is 3. The first kappa shape index (κ1) is 19.8. The van der Waals surface area contributed by atoms with Crippen molar-refractivity contribution >= 4 is 23.4 Å². The van der Waals surface area contributed by atoms with Gasteiger partial charge in [-0.2, -0.15) is 15.2 Å². The zero-order valence-electron chi connectivity index (χ0n) is 18.1. The van der Waals surface area contributed by atoms with E-state index in [1.165, 1.54) is 16.1 Å². The molecule has 3 aromatic rings. The molecule has 30 heavy (non-hydrogen) atoms. The number of rotatable bonds is 4. The number of aromatic nitrogens is 2. The van der Waals surface area contributed by atoms with E-state index in [0.717, 1.165) is 28.2 Å². The maximum Gasteiger partial charge on any atom is 0.280 e. The Labute approximate surface area is 177 Å². The minimum absolute atomic E-state index is 0.106. The first-order valence-corrected chi connectivity index (χ1v) is 10.1. The number of carbonyl (C=O) groups is 1. The third-order valence-corrected chi connectivity index (χ3v) is 5.70. The molecule has 152 valence electrons. The number of hydrazone groups is 1. The number of hydrogen-bond donors (Lipinski definition) is 0. The number of hydrogen-bond acceptors (Lipinski definition) is 3. The van der Waals surface area contributed by atoms with Gasteiger partial charge in [0, 0.05) is 11.3 Å². The van der Waals surface area contributed by atoms with E-state index in [0.29, 0.717) is 17.8 Å². The molecule has 0 aliphatic carbocycles. The van der Waals surface area contributed by atoms with Crippen LogP contribution >= 0.6 is 0 Å². The smallest absolute Gasteiger partial charge is 0.267 e. The molecule has 0 saturated heterocycles. The quantitative estimate of drug-likeness (QED) is 0.583. The molecule has 5 nitrogen and oxygen atoms in total. The fraction of sp³-hybridized carbons (Fsp3) is 0.240. The van der Waals surface area contributed by atoms with Gasteiger partial charge in [-0.05, 0) is 69.5 Å². The summed E-state index contributed by atoms with van der Waals surface area (Å²) in [6.07, 6.45) is 1.93. The predicted octanol–water partition coefficient (Wildman–Crippen LogP) is 4.97. The second-order valence-electron chi connectivity index (χ2n) is 7.86. The molecule has 4 rings (SSSR count). The summed E-state index contributed by atoms with van der Waals surface area (Å²) >= 11 is 0. The largest absolute Gasteiger partial charge is 0.280 e. The second kappa shape index (κ2) is 7.75. The van der Waals surface area contributed by atoms with Crippen molar-refractivity contribution in [1.82, 2.24) is 9.78 Å². The zero-order chi connectivity index (χ0) is 21.4. The van der Waals surface area contributed by atoms with Gasteiger partial charge in [-0.1, -0.05) is 36.4 Å². The molecular weight excluding hydrogens is 372 g/mol. The molecule has 0 bridgehead atoms. The minimum Gasteiger partial charge on any atom is -0.267 e. The van der Waals surface area contributed by atoms with E-state index in [4.69, 9.17) is 5.10 Å². The van der Waals surface area contributed by atoms with Crippen molar-refractivity contribution in [3.63, 3.8) is 0 Å². The summed E-state index contributed by atoms with van der Waals surface area (Å²) < 4.78 is 1.99. The average Bonchev–Trinajstić information content (AvgIpc) is 3.15. The molecule has 0 saturated carbocycles. The van der Waals surface area contributed by atoms with E-state index >= 15 is 0 Å². The second-order valence-corrected chi connectivity index (χ2v) is 7.86. The summed E-state index contributed by atoms with van der Waals surface area (Å²) in [7, 11) is 0. The fourth-order valence-corrected chi connectivity index (χ4v) is 3.69. The highest BCUT2D eigenvalue weighted by molar-refractivity contribution is 6.32. The lowest BCUT2D eigenvalue weighted by Gasteiger charge is -2.13. The third kappa shape index (κ3) is 3.59. The van der Waals surface area contributed by atoms with Crippen molar-refractivity contribution in [2.24, 2.45) is 5.10 Å². The molecule has 1 aromatic heterocycles. The number of anilines is 1. The van der Waals surface area contributed by atoms with E-state index in [-0.39, 0.29) is 5.91 Å². The summed E-state index contributed by atoms with van der Waals surface area (Å²) in [4.78, 5) is 13.2. The van der Waals surface area contributed by atoms with Crippen molar-refractivity contribution in [3.05, 3.63) is 87.7 Å². The Bertz CT molecular complexity index is 1190. The molecule has 0 atom stereocenters. The first-order valence-electron chi connectivity index (χ1n) is 10.1. The standard InChI is InChI=1S/C25H26N4O/c1-16-11-12-22(13-17(16)2)29-25(30)24(19(4)27-29)14-23-18(3)26-28(20(23)5)15-21-9-7-6-8-10-21/h6-14H,15H2,1-5H3/b24-14+. The molecule has 0 N–H and O–H groups in total. The SMILES string of the molecule is CC1=NN(c2ccc(C)c(C)c2)C(=O)/C1=C/c1c(C)nn(Cc2ccccc2)c1C. The van der Waals surface area contributed by atoms with Crippen LogP contribution in [-0.4, -0.2) is 21.4 Å². The average molecular weight is 399 g/mol. The van der Waals surface area contributed by atoms with Crippen molar-refractivity contribution in [1.29, 1.82) is 0 Å². The van der Waals surface area contributed by atoms with Crippen LogP contribution in [-0.2, 0) is 11.3 Å². The van der Waals surface area contributed by atoms with Crippen LogP contribution in [0, 0.1) is 27.7 Å². The van der Waals surface area contributed by atoms with Gasteiger partial charge in [0.15, 0.2) is 0 Å². The maximum atomic E-state index is 13.2. The van der Waals surface area contributed by atoms with Gasteiger partial charge in [0.05, 0.1) is 29.2 Å². The molecule has 0 radical (unpaired) electrons. The third-order valence-electron chi connectivity index (χ3n) is 5.70. The fourth-order valence-electron chi connectivity index (χ4n) is 3.69. The molecule has 0 spiro atoms. The summed E-state index contributed by atoms with van der Waals surface area (Å²) in [6, 6.07) is 16.2. The molecule has 1 aliphatic rings. The summed E-state index contributed by atoms with van der Waals surface area (Å²) in [6.45, 7) is 10.7. The van der Waals surface area contributed by atoms with Gasteiger partial charge in [0.2, 0.25) is 0 Å². The summed E-state index contributed by atoms with van der Waals surface area (Å²) in [5, 5.41) is 10.7. The van der Waals surface area contributed by atoms with Crippen molar-refractivity contribution < 1.29 is 4.79 Å². The van der Waals surface area contributed by atoms with Gasteiger partial charge in [-0.15, -0.1) is 0 Å².